The Morgan fingerprint density at radius 2 is 0.605 bits per heavy atom. The molecule has 0 saturated carbocycles. The lowest BCUT2D eigenvalue weighted by Gasteiger charge is -2.20. The number of rotatable bonds is 7. The van der Waals surface area contributed by atoms with E-state index in [0.29, 0.717) is 0 Å². The summed E-state index contributed by atoms with van der Waals surface area (Å²) in [6.45, 7) is 0. The maximum atomic E-state index is 4.76. The highest BCUT2D eigenvalue weighted by molar-refractivity contribution is 5.59. The van der Waals surface area contributed by atoms with Gasteiger partial charge in [-0.1, -0.05) is 121 Å². The van der Waals surface area contributed by atoms with Crippen LogP contribution < -0.4 is 0 Å². The van der Waals surface area contributed by atoms with Gasteiger partial charge in [-0.3, -0.25) is 9.97 Å². The van der Waals surface area contributed by atoms with Gasteiger partial charge in [0.1, 0.15) is 0 Å². The summed E-state index contributed by atoms with van der Waals surface area (Å²) >= 11 is 0. The average Bonchev–Trinajstić information content (AvgIpc) is 3.00. The van der Waals surface area contributed by atoms with Gasteiger partial charge in [0, 0.05) is 24.2 Å². The highest BCUT2D eigenvalue weighted by Crippen LogP contribution is 2.35. The predicted molar refractivity (Wildman–Crippen MR) is 155 cm³/mol. The maximum Gasteiger partial charge on any atom is 0.0889 e. The first-order valence-corrected chi connectivity index (χ1v) is 13.0. The molecule has 0 amide bonds. The third-order valence-electron chi connectivity index (χ3n) is 7.03. The molecule has 182 valence electrons. The molecule has 4 aromatic carbocycles. The topological polar surface area (TPSA) is 25.8 Å². The normalized spacial score (nSPS) is 11.1. The van der Waals surface area contributed by atoms with Gasteiger partial charge >= 0.3 is 0 Å². The van der Waals surface area contributed by atoms with E-state index in [0.717, 1.165) is 11.4 Å². The molecular formula is C36H28N2. The first-order chi connectivity index (χ1) is 18.9. The fraction of sp³-hybridized carbons (Fsp3) is 0.0556. The van der Waals surface area contributed by atoms with Crippen molar-refractivity contribution in [1.29, 1.82) is 0 Å². The third-order valence-corrected chi connectivity index (χ3v) is 7.03. The van der Waals surface area contributed by atoms with Crippen molar-refractivity contribution >= 4 is 0 Å². The Labute approximate surface area is 224 Å². The van der Waals surface area contributed by atoms with E-state index >= 15 is 0 Å². The zero-order valence-electron chi connectivity index (χ0n) is 21.1. The quantitative estimate of drug-likeness (QED) is 0.225. The SMILES string of the molecule is c1ccc(C(c2ccccc2)c2ccnc(-c3cc(C(c4ccccc4)c4ccccc4)ccn3)c2)cc1. The van der Waals surface area contributed by atoms with Gasteiger partial charge in [-0.25, -0.2) is 0 Å². The standard InChI is InChI=1S/C36H28N2/c1-5-13-27(14-6-1)35(28-15-7-2-8-16-28)31-21-23-37-33(25-31)34-26-32(22-24-38-34)36(29-17-9-3-10-18-29)30-19-11-4-12-20-30/h1-26,35-36H. The molecule has 6 aromatic rings. The molecule has 0 bridgehead atoms. The number of pyridine rings is 2. The summed E-state index contributed by atoms with van der Waals surface area (Å²) in [6.07, 6.45) is 3.81. The van der Waals surface area contributed by atoms with Crippen molar-refractivity contribution < 1.29 is 0 Å². The zero-order chi connectivity index (χ0) is 25.6. The molecule has 0 saturated heterocycles. The summed E-state index contributed by atoms with van der Waals surface area (Å²) in [5, 5.41) is 0. The second-order valence-corrected chi connectivity index (χ2v) is 9.46. The van der Waals surface area contributed by atoms with E-state index < -0.39 is 0 Å². The second kappa shape index (κ2) is 11.1. The van der Waals surface area contributed by atoms with E-state index in [-0.39, 0.29) is 11.8 Å². The average molecular weight is 489 g/mol. The minimum Gasteiger partial charge on any atom is -0.255 e. The minimum absolute atomic E-state index is 0.115. The molecule has 2 heteroatoms. The molecule has 2 heterocycles. The highest BCUT2D eigenvalue weighted by atomic mass is 14.8. The molecule has 0 unspecified atom stereocenters. The molecule has 0 radical (unpaired) electrons. The molecular weight excluding hydrogens is 460 g/mol. The van der Waals surface area contributed by atoms with Crippen molar-refractivity contribution in [3.8, 4) is 11.4 Å². The first-order valence-electron chi connectivity index (χ1n) is 13.0. The molecule has 0 spiro atoms. The van der Waals surface area contributed by atoms with Crippen molar-refractivity contribution in [2.75, 3.05) is 0 Å². The van der Waals surface area contributed by atoms with Crippen LogP contribution in [0.15, 0.2) is 158 Å². The second-order valence-electron chi connectivity index (χ2n) is 9.46. The predicted octanol–water partition coefficient (Wildman–Crippen LogP) is 8.50. The number of hydrogen-bond donors (Lipinski definition) is 0. The molecule has 2 aromatic heterocycles. The third kappa shape index (κ3) is 5.02. The number of benzene rings is 4. The van der Waals surface area contributed by atoms with Crippen LogP contribution in [0.5, 0.6) is 0 Å². The minimum atomic E-state index is 0.115. The smallest absolute Gasteiger partial charge is 0.0889 e. The van der Waals surface area contributed by atoms with Gasteiger partial charge in [0.05, 0.1) is 11.4 Å². The van der Waals surface area contributed by atoms with E-state index in [1.165, 1.54) is 33.4 Å². The monoisotopic (exact) mass is 488 g/mol. The van der Waals surface area contributed by atoms with E-state index in [2.05, 4.69) is 146 Å². The molecule has 6 rings (SSSR count). The first kappa shape index (κ1) is 23.6. The Hall–Kier alpha value is -4.82. The van der Waals surface area contributed by atoms with E-state index in [9.17, 15) is 0 Å². The van der Waals surface area contributed by atoms with Crippen molar-refractivity contribution in [3.63, 3.8) is 0 Å². The molecule has 0 atom stereocenters. The summed E-state index contributed by atoms with van der Waals surface area (Å²) in [6, 6.07) is 51.3. The van der Waals surface area contributed by atoms with Gasteiger partial charge in [-0.15, -0.1) is 0 Å². The lowest BCUT2D eigenvalue weighted by atomic mass is 9.84. The Bertz CT molecular complexity index is 1390. The van der Waals surface area contributed by atoms with Crippen molar-refractivity contribution in [2.24, 2.45) is 0 Å². The highest BCUT2D eigenvalue weighted by Gasteiger charge is 2.20. The lowest BCUT2D eigenvalue weighted by molar-refractivity contribution is 0.964. The van der Waals surface area contributed by atoms with Crippen molar-refractivity contribution in [2.45, 2.75) is 11.8 Å². The van der Waals surface area contributed by atoms with Crippen LogP contribution in [-0.4, -0.2) is 9.97 Å². The fourth-order valence-electron chi connectivity index (χ4n) is 5.27. The Kier molecular flexibility index (Phi) is 6.86. The van der Waals surface area contributed by atoms with Gasteiger partial charge in [-0.05, 0) is 57.6 Å². The van der Waals surface area contributed by atoms with Gasteiger partial charge in [0.15, 0.2) is 0 Å². The van der Waals surface area contributed by atoms with Crippen LogP contribution in [0.1, 0.15) is 45.2 Å². The van der Waals surface area contributed by atoms with Crippen molar-refractivity contribution in [3.05, 3.63) is 191 Å². The molecule has 0 aliphatic heterocycles. The van der Waals surface area contributed by atoms with Crippen LogP contribution in [0.2, 0.25) is 0 Å². The Morgan fingerprint density at radius 3 is 0.895 bits per heavy atom. The molecule has 38 heavy (non-hydrogen) atoms. The van der Waals surface area contributed by atoms with E-state index in [1.807, 2.05) is 12.4 Å². The number of nitrogens with zero attached hydrogens (tertiary/aromatic N) is 2. The number of aromatic nitrogens is 2. The van der Waals surface area contributed by atoms with Crippen LogP contribution in [0.25, 0.3) is 11.4 Å². The van der Waals surface area contributed by atoms with Gasteiger partial charge in [-0.2, -0.15) is 0 Å². The van der Waals surface area contributed by atoms with Crippen LogP contribution in [-0.2, 0) is 0 Å². The lowest BCUT2D eigenvalue weighted by Crippen LogP contribution is -2.05. The van der Waals surface area contributed by atoms with Crippen LogP contribution in [0, 0.1) is 0 Å². The summed E-state index contributed by atoms with van der Waals surface area (Å²) in [4.78, 5) is 9.53. The van der Waals surface area contributed by atoms with Gasteiger partial charge < -0.3 is 0 Å². The maximum absolute atomic E-state index is 4.76. The molecule has 0 aliphatic rings. The summed E-state index contributed by atoms with van der Waals surface area (Å²) in [5.41, 5.74) is 9.17. The summed E-state index contributed by atoms with van der Waals surface area (Å²) in [5.74, 6) is 0.229. The van der Waals surface area contributed by atoms with Crippen LogP contribution >= 0.6 is 0 Å². The summed E-state index contributed by atoms with van der Waals surface area (Å²) in [7, 11) is 0. The summed E-state index contributed by atoms with van der Waals surface area (Å²) < 4.78 is 0. The van der Waals surface area contributed by atoms with Crippen molar-refractivity contribution in [1.82, 2.24) is 9.97 Å². The largest absolute Gasteiger partial charge is 0.255 e. The number of hydrogen-bond acceptors (Lipinski definition) is 2. The molecule has 0 fully saturated rings. The molecule has 0 N–H and O–H groups in total. The Balaban J connectivity index is 1.43. The van der Waals surface area contributed by atoms with E-state index in [4.69, 9.17) is 9.97 Å². The van der Waals surface area contributed by atoms with E-state index in [1.54, 1.807) is 0 Å². The zero-order valence-corrected chi connectivity index (χ0v) is 21.1. The molecule has 0 aliphatic carbocycles. The molecule has 2 nitrogen and oxygen atoms in total. The fourth-order valence-corrected chi connectivity index (χ4v) is 5.27. The van der Waals surface area contributed by atoms with Gasteiger partial charge in [0.25, 0.3) is 0 Å². The van der Waals surface area contributed by atoms with Crippen LogP contribution in [0.3, 0.4) is 0 Å². The van der Waals surface area contributed by atoms with Gasteiger partial charge in [0.2, 0.25) is 0 Å². The Morgan fingerprint density at radius 1 is 0.316 bits per heavy atom. The van der Waals surface area contributed by atoms with Crippen LogP contribution in [0.4, 0.5) is 0 Å².